The minimum absolute atomic E-state index is 0.101. The predicted octanol–water partition coefficient (Wildman–Crippen LogP) is 1.05. The summed E-state index contributed by atoms with van der Waals surface area (Å²) in [6, 6.07) is 6.07. The van der Waals surface area contributed by atoms with Crippen LogP contribution in [0.1, 0.15) is 19.4 Å². The van der Waals surface area contributed by atoms with Crippen LogP contribution in [0.3, 0.4) is 0 Å². The summed E-state index contributed by atoms with van der Waals surface area (Å²) in [5.41, 5.74) is 0.831. The number of halogens is 1. The Morgan fingerprint density at radius 1 is 1.18 bits per heavy atom. The number of aliphatic hydroxyl groups is 2. The lowest BCUT2D eigenvalue weighted by Crippen LogP contribution is -2.42. The standard InChI is InChI=1S/C13H20FNO2/c1-13(2,9-15-12(7-16)8-17)10-3-5-11(14)6-4-10/h3-6,12,15-17H,7-9H2,1-2H3. The zero-order valence-electron chi connectivity index (χ0n) is 10.3. The number of benzene rings is 1. The molecule has 0 aliphatic heterocycles. The van der Waals surface area contributed by atoms with E-state index in [0.717, 1.165) is 5.56 Å². The highest BCUT2D eigenvalue weighted by Crippen LogP contribution is 2.22. The predicted molar refractivity (Wildman–Crippen MR) is 65.4 cm³/mol. The van der Waals surface area contributed by atoms with E-state index in [1.54, 1.807) is 12.1 Å². The van der Waals surface area contributed by atoms with Gasteiger partial charge in [0.05, 0.1) is 19.3 Å². The van der Waals surface area contributed by atoms with Crippen LogP contribution >= 0.6 is 0 Å². The Kier molecular flexibility index (Phi) is 5.05. The lowest BCUT2D eigenvalue weighted by molar-refractivity contribution is 0.166. The van der Waals surface area contributed by atoms with E-state index in [9.17, 15) is 4.39 Å². The Balaban J connectivity index is 2.64. The first-order valence-electron chi connectivity index (χ1n) is 5.71. The molecule has 0 saturated heterocycles. The van der Waals surface area contributed by atoms with Crippen molar-refractivity contribution in [1.82, 2.24) is 5.32 Å². The van der Waals surface area contributed by atoms with E-state index in [1.165, 1.54) is 12.1 Å². The summed E-state index contributed by atoms with van der Waals surface area (Å²) in [6.07, 6.45) is 0. The second-order valence-corrected chi connectivity index (χ2v) is 4.83. The lowest BCUT2D eigenvalue weighted by atomic mass is 9.84. The van der Waals surface area contributed by atoms with Gasteiger partial charge in [-0.05, 0) is 17.7 Å². The molecule has 0 fully saturated rings. The SMILES string of the molecule is CC(C)(CNC(CO)CO)c1ccc(F)cc1. The van der Waals surface area contributed by atoms with Crippen molar-refractivity contribution in [3.63, 3.8) is 0 Å². The molecule has 0 spiro atoms. The van der Waals surface area contributed by atoms with Crippen molar-refractivity contribution in [1.29, 1.82) is 0 Å². The minimum Gasteiger partial charge on any atom is -0.395 e. The lowest BCUT2D eigenvalue weighted by Gasteiger charge is -2.28. The van der Waals surface area contributed by atoms with E-state index in [1.807, 2.05) is 13.8 Å². The molecule has 0 heterocycles. The third-order valence-corrected chi connectivity index (χ3v) is 2.90. The summed E-state index contributed by atoms with van der Waals surface area (Å²) in [5.74, 6) is -0.249. The highest BCUT2D eigenvalue weighted by atomic mass is 19.1. The number of aliphatic hydroxyl groups excluding tert-OH is 2. The average Bonchev–Trinajstić information content (AvgIpc) is 2.31. The van der Waals surface area contributed by atoms with Gasteiger partial charge in [0.2, 0.25) is 0 Å². The molecule has 0 atom stereocenters. The van der Waals surface area contributed by atoms with Gasteiger partial charge in [-0.15, -0.1) is 0 Å². The quantitative estimate of drug-likeness (QED) is 0.697. The molecule has 17 heavy (non-hydrogen) atoms. The van der Waals surface area contributed by atoms with Crippen LogP contribution in [-0.4, -0.2) is 36.0 Å². The minimum atomic E-state index is -0.310. The van der Waals surface area contributed by atoms with Gasteiger partial charge in [-0.1, -0.05) is 26.0 Å². The van der Waals surface area contributed by atoms with E-state index in [2.05, 4.69) is 5.32 Å². The molecule has 0 aliphatic rings. The molecular weight excluding hydrogens is 221 g/mol. The Morgan fingerprint density at radius 3 is 2.18 bits per heavy atom. The first kappa shape index (κ1) is 14.1. The van der Waals surface area contributed by atoms with Gasteiger partial charge in [0, 0.05) is 12.0 Å². The molecule has 0 unspecified atom stereocenters. The van der Waals surface area contributed by atoms with Gasteiger partial charge in [0.15, 0.2) is 0 Å². The zero-order chi connectivity index (χ0) is 12.9. The van der Waals surface area contributed by atoms with E-state index in [4.69, 9.17) is 10.2 Å². The summed E-state index contributed by atoms with van der Waals surface area (Å²) in [7, 11) is 0. The molecule has 1 aromatic rings. The Morgan fingerprint density at radius 2 is 1.71 bits per heavy atom. The fourth-order valence-electron chi connectivity index (χ4n) is 1.59. The van der Waals surface area contributed by atoms with Crippen LogP contribution in [0.15, 0.2) is 24.3 Å². The zero-order valence-corrected chi connectivity index (χ0v) is 10.3. The van der Waals surface area contributed by atoms with Crippen molar-refractivity contribution >= 4 is 0 Å². The van der Waals surface area contributed by atoms with E-state index in [-0.39, 0.29) is 30.5 Å². The van der Waals surface area contributed by atoms with Crippen LogP contribution in [0.4, 0.5) is 4.39 Å². The summed E-state index contributed by atoms with van der Waals surface area (Å²) in [6.45, 7) is 4.45. The molecular formula is C13H20FNO2. The van der Waals surface area contributed by atoms with Gasteiger partial charge in [0.1, 0.15) is 5.82 Å². The van der Waals surface area contributed by atoms with E-state index >= 15 is 0 Å². The van der Waals surface area contributed by atoms with Crippen LogP contribution in [0.2, 0.25) is 0 Å². The Labute approximate surface area is 101 Å². The smallest absolute Gasteiger partial charge is 0.123 e. The van der Waals surface area contributed by atoms with Crippen LogP contribution in [0.5, 0.6) is 0 Å². The molecule has 0 amide bonds. The highest BCUT2D eigenvalue weighted by Gasteiger charge is 2.21. The summed E-state index contributed by atoms with van der Waals surface area (Å²) in [4.78, 5) is 0. The number of rotatable bonds is 6. The van der Waals surface area contributed by atoms with Crippen LogP contribution in [0.25, 0.3) is 0 Å². The van der Waals surface area contributed by atoms with Gasteiger partial charge >= 0.3 is 0 Å². The maximum Gasteiger partial charge on any atom is 0.123 e. The molecule has 1 rings (SSSR count). The number of nitrogens with one attached hydrogen (secondary N) is 1. The largest absolute Gasteiger partial charge is 0.395 e. The topological polar surface area (TPSA) is 52.5 Å². The van der Waals surface area contributed by atoms with Gasteiger partial charge < -0.3 is 15.5 Å². The monoisotopic (exact) mass is 241 g/mol. The Bertz CT molecular complexity index is 334. The van der Waals surface area contributed by atoms with Crippen molar-refractivity contribution in [2.45, 2.75) is 25.3 Å². The normalized spacial score (nSPS) is 12.1. The first-order chi connectivity index (χ1) is 7.99. The van der Waals surface area contributed by atoms with Gasteiger partial charge in [-0.25, -0.2) is 4.39 Å². The van der Waals surface area contributed by atoms with Crippen molar-refractivity contribution < 1.29 is 14.6 Å². The van der Waals surface area contributed by atoms with Crippen LogP contribution in [-0.2, 0) is 5.41 Å². The fraction of sp³-hybridized carbons (Fsp3) is 0.538. The van der Waals surface area contributed by atoms with Crippen LogP contribution < -0.4 is 5.32 Å². The molecule has 4 heteroatoms. The maximum absolute atomic E-state index is 12.8. The summed E-state index contributed by atoms with van der Waals surface area (Å²) in [5, 5.41) is 21.0. The maximum atomic E-state index is 12.8. The van der Waals surface area contributed by atoms with Crippen molar-refractivity contribution in [2.24, 2.45) is 0 Å². The molecule has 3 N–H and O–H groups in total. The van der Waals surface area contributed by atoms with Crippen molar-refractivity contribution in [2.75, 3.05) is 19.8 Å². The van der Waals surface area contributed by atoms with Crippen LogP contribution in [0, 0.1) is 5.82 Å². The molecule has 3 nitrogen and oxygen atoms in total. The average molecular weight is 241 g/mol. The number of hydrogen-bond acceptors (Lipinski definition) is 3. The molecule has 0 saturated carbocycles. The molecule has 0 bridgehead atoms. The van der Waals surface area contributed by atoms with Gasteiger partial charge in [-0.3, -0.25) is 0 Å². The van der Waals surface area contributed by atoms with Gasteiger partial charge in [0.25, 0.3) is 0 Å². The van der Waals surface area contributed by atoms with Gasteiger partial charge in [-0.2, -0.15) is 0 Å². The molecule has 0 radical (unpaired) electrons. The third-order valence-electron chi connectivity index (χ3n) is 2.90. The Hall–Kier alpha value is -0.970. The molecule has 96 valence electrons. The molecule has 0 aliphatic carbocycles. The van der Waals surface area contributed by atoms with Crippen molar-refractivity contribution in [3.8, 4) is 0 Å². The van der Waals surface area contributed by atoms with E-state index < -0.39 is 0 Å². The molecule has 0 aromatic heterocycles. The summed E-state index contributed by atoms with van der Waals surface area (Å²) < 4.78 is 12.8. The third kappa shape index (κ3) is 4.07. The highest BCUT2D eigenvalue weighted by molar-refractivity contribution is 5.24. The summed E-state index contributed by atoms with van der Waals surface area (Å²) >= 11 is 0. The van der Waals surface area contributed by atoms with Crippen molar-refractivity contribution in [3.05, 3.63) is 35.6 Å². The van der Waals surface area contributed by atoms with E-state index in [0.29, 0.717) is 6.54 Å². The fourth-order valence-corrected chi connectivity index (χ4v) is 1.59. The number of hydrogen-bond donors (Lipinski definition) is 3. The first-order valence-corrected chi connectivity index (χ1v) is 5.71. The second kappa shape index (κ2) is 6.10. The second-order valence-electron chi connectivity index (χ2n) is 4.83. The molecule has 1 aromatic carbocycles.